The second-order valence-electron chi connectivity index (χ2n) is 8.33. The molecule has 0 fully saturated rings. The smallest absolute Gasteiger partial charge is 0.422 e. The molecule has 0 spiro atoms. The van der Waals surface area contributed by atoms with E-state index in [4.69, 9.17) is 21.1 Å². The molecule has 0 saturated carbocycles. The molecule has 0 amide bonds. The van der Waals surface area contributed by atoms with Gasteiger partial charge in [-0.3, -0.25) is 4.57 Å². The number of carboxylic acid groups (broad SMARTS) is 1. The standard InChI is InChI=1S/C25H18ClF4NO5/c1-12(16-6-3-14(10-18(16)26)13-4-7-19(27)17(9-13)22(32)33)24(35,25(28,29)30)15-5-8-20-21(11-15)36-23(34)31(20)2/h3-12,35H,1-2H3,(H,32,33). The number of carboxylic acids is 1. The van der Waals surface area contributed by atoms with E-state index in [0.717, 1.165) is 35.8 Å². The number of aliphatic hydroxyl groups is 1. The summed E-state index contributed by atoms with van der Waals surface area (Å²) < 4.78 is 62.9. The molecule has 188 valence electrons. The van der Waals surface area contributed by atoms with E-state index >= 15 is 0 Å². The maximum atomic E-state index is 14.4. The Balaban J connectivity index is 1.80. The number of alkyl halides is 3. The second kappa shape index (κ2) is 8.79. The van der Waals surface area contributed by atoms with Crippen LogP contribution in [0.3, 0.4) is 0 Å². The molecular weight excluding hydrogens is 506 g/mol. The number of halogens is 5. The minimum atomic E-state index is -5.15. The zero-order valence-electron chi connectivity index (χ0n) is 18.7. The van der Waals surface area contributed by atoms with E-state index in [1.54, 1.807) is 0 Å². The number of hydrogen-bond acceptors (Lipinski definition) is 4. The second-order valence-corrected chi connectivity index (χ2v) is 8.74. The number of oxazole rings is 1. The molecule has 1 aromatic heterocycles. The van der Waals surface area contributed by atoms with Crippen LogP contribution in [0.1, 0.15) is 34.3 Å². The first-order chi connectivity index (χ1) is 16.8. The fourth-order valence-electron chi connectivity index (χ4n) is 4.18. The summed E-state index contributed by atoms with van der Waals surface area (Å²) in [6.45, 7) is 1.15. The monoisotopic (exact) mass is 523 g/mol. The number of aromatic carboxylic acids is 1. The number of fused-ring (bicyclic) bond motifs is 1. The minimum absolute atomic E-state index is 0.0459. The Labute approximate surface area is 206 Å². The number of nitrogens with zero attached hydrogens (tertiary/aromatic N) is 1. The summed E-state index contributed by atoms with van der Waals surface area (Å²) in [5.41, 5.74) is -3.83. The van der Waals surface area contributed by atoms with Crippen molar-refractivity contribution in [3.63, 3.8) is 0 Å². The van der Waals surface area contributed by atoms with Crippen molar-refractivity contribution in [1.29, 1.82) is 0 Å². The first-order valence-corrected chi connectivity index (χ1v) is 10.8. The number of hydrogen-bond donors (Lipinski definition) is 2. The fraction of sp³-hybridized carbons (Fsp3) is 0.200. The van der Waals surface area contributed by atoms with Gasteiger partial charge in [0.25, 0.3) is 0 Å². The Hall–Kier alpha value is -3.63. The first kappa shape index (κ1) is 25.5. The van der Waals surface area contributed by atoms with Crippen LogP contribution in [0.25, 0.3) is 22.2 Å². The van der Waals surface area contributed by atoms with E-state index in [9.17, 15) is 32.3 Å². The third-order valence-electron chi connectivity index (χ3n) is 6.29. The molecular formula is C25H18ClF4NO5. The van der Waals surface area contributed by atoms with Crippen molar-refractivity contribution in [3.8, 4) is 11.1 Å². The molecule has 0 aliphatic rings. The highest BCUT2D eigenvalue weighted by Crippen LogP contribution is 2.50. The van der Waals surface area contributed by atoms with E-state index in [0.29, 0.717) is 5.56 Å². The van der Waals surface area contributed by atoms with Gasteiger partial charge in [0.05, 0.1) is 11.1 Å². The lowest BCUT2D eigenvalue weighted by Gasteiger charge is -2.37. The molecule has 2 N–H and O–H groups in total. The van der Waals surface area contributed by atoms with Crippen LogP contribution in [-0.4, -0.2) is 26.9 Å². The van der Waals surface area contributed by atoms with Crippen molar-refractivity contribution in [2.75, 3.05) is 0 Å². The van der Waals surface area contributed by atoms with Crippen molar-refractivity contribution in [3.05, 3.63) is 92.7 Å². The molecule has 1 heterocycles. The van der Waals surface area contributed by atoms with Crippen molar-refractivity contribution in [2.24, 2.45) is 7.05 Å². The van der Waals surface area contributed by atoms with Gasteiger partial charge in [-0.05, 0) is 52.6 Å². The summed E-state index contributed by atoms with van der Waals surface area (Å²) in [5, 5.41) is 20.1. The predicted octanol–water partition coefficient (Wildman–Crippen LogP) is 5.84. The Kier molecular flexibility index (Phi) is 6.22. The Morgan fingerprint density at radius 1 is 1.06 bits per heavy atom. The average molecular weight is 524 g/mol. The van der Waals surface area contributed by atoms with E-state index in [2.05, 4.69) is 0 Å². The molecule has 4 rings (SSSR count). The lowest BCUT2D eigenvalue weighted by atomic mass is 9.77. The van der Waals surface area contributed by atoms with Crippen LogP contribution >= 0.6 is 11.6 Å². The van der Waals surface area contributed by atoms with Crippen LogP contribution in [0.15, 0.2) is 63.8 Å². The molecule has 36 heavy (non-hydrogen) atoms. The lowest BCUT2D eigenvalue weighted by molar-refractivity contribution is -0.274. The molecule has 0 saturated heterocycles. The molecule has 11 heteroatoms. The van der Waals surface area contributed by atoms with Crippen molar-refractivity contribution in [2.45, 2.75) is 24.6 Å². The topological polar surface area (TPSA) is 92.7 Å². The summed E-state index contributed by atoms with van der Waals surface area (Å²) in [6.07, 6.45) is -5.15. The van der Waals surface area contributed by atoms with Gasteiger partial charge in [0.1, 0.15) is 5.82 Å². The van der Waals surface area contributed by atoms with Crippen molar-refractivity contribution in [1.82, 2.24) is 4.57 Å². The number of aromatic nitrogens is 1. The highest BCUT2D eigenvalue weighted by Gasteiger charge is 2.59. The zero-order valence-corrected chi connectivity index (χ0v) is 19.5. The van der Waals surface area contributed by atoms with Crippen molar-refractivity contribution < 1.29 is 37.0 Å². The third kappa shape index (κ3) is 4.06. The molecule has 2 unspecified atom stereocenters. The van der Waals surface area contributed by atoms with Crippen LogP contribution in [-0.2, 0) is 12.6 Å². The summed E-state index contributed by atoms with van der Waals surface area (Å²) in [6, 6.07) is 10.6. The molecule has 2 atom stereocenters. The maximum Gasteiger partial charge on any atom is 0.422 e. The van der Waals surface area contributed by atoms with Gasteiger partial charge in [-0.25, -0.2) is 14.0 Å². The Bertz CT molecular complexity index is 1560. The van der Waals surface area contributed by atoms with Crippen LogP contribution in [0, 0.1) is 5.82 Å². The van der Waals surface area contributed by atoms with Gasteiger partial charge in [0.2, 0.25) is 0 Å². The summed E-state index contributed by atoms with van der Waals surface area (Å²) in [7, 11) is 1.40. The van der Waals surface area contributed by atoms with Crippen LogP contribution in [0.2, 0.25) is 5.02 Å². The summed E-state index contributed by atoms with van der Waals surface area (Å²) in [4.78, 5) is 23.0. The SMILES string of the molecule is CC(c1ccc(-c2ccc(F)c(C(=O)O)c2)cc1Cl)C(O)(c1ccc2c(c1)oc(=O)n2C)C(F)(F)F. The third-order valence-corrected chi connectivity index (χ3v) is 6.62. The van der Waals surface area contributed by atoms with Crippen LogP contribution < -0.4 is 5.76 Å². The van der Waals surface area contributed by atoms with Gasteiger partial charge in [-0.15, -0.1) is 0 Å². The van der Waals surface area contributed by atoms with E-state index in [1.165, 1.54) is 37.4 Å². The first-order valence-electron chi connectivity index (χ1n) is 10.5. The molecule has 3 aromatic carbocycles. The molecule has 0 aliphatic heterocycles. The molecule has 6 nitrogen and oxygen atoms in total. The minimum Gasteiger partial charge on any atom is -0.478 e. The molecule has 4 aromatic rings. The maximum absolute atomic E-state index is 14.4. The normalized spacial score (nSPS) is 14.6. The van der Waals surface area contributed by atoms with Gasteiger partial charge in [0, 0.05) is 18.0 Å². The average Bonchev–Trinajstić information content (AvgIpc) is 3.10. The van der Waals surface area contributed by atoms with E-state index < -0.39 is 46.4 Å². The fourth-order valence-corrected chi connectivity index (χ4v) is 4.53. The zero-order chi connectivity index (χ0) is 26.6. The predicted molar refractivity (Wildman–Crippen MR) is 124 cm³/mol. The number of rotatable bonds is 5. The molecule has 0 aliphatic carbocycles. The number of aryl methyl sites for hydroxylation is 1. The van der Waals surface area contributed by atoms with Gasteiger partial charge in [-0.1, -0.05) is 42.8 Å². The van der Waals surface area contributed by atoms with Gasteiger partial charge < -0.3 is 14.6 Å². The van der Waals surface area contributed by atoms with Crippen molar-refractivity contribution >= 4 is 28.7 Å². The van der Waals surface area contributed by atoms with Crippen LogP contribution in [0.5, 0.6) is 0 Å². The van der Waals surface area contributed by atoms with Gasteiger partial charge in [0.15, 0.2) is 11.2 Å². The quantitative estimate of drug-likeness (QED) is 0.320. The largest absolute Gasteiger partial charge is 0.478 e. The van der Waals surface area contributed by atoms with Gasteiger partial charge in [-0.2, -0.15) is 13.2 Å². The van der Waals surface area contributed by atoms with E-state index in [1.807, 2.05) is 0 Å². The van der Waals surface area contributed by atoms with E-state index in [-0.39, 0.29) is 27.2 Å². The summed E-state index contributed by atoms with van der Waals surface area (Å²) in [5.74, 6) is -4.80. The highest BCUT2D eigenvalue weighted by molar-refractivity contribution is 6.31. The Morgan fingerprint density at radius 3 is 2.31 bits per heavy atom. The summed E-state index contributed by atoms with van der Waals surface area (Å²) >= 11 is 6.34. The lowest BCUT2D eigenvalue weighted by Crippen LogP contribution is -2.46. The molecule has 0 bridgehead atoms. The molecule has 0 radical (unpaired) electrons. The Morgan fingerprint density at radius 2 is 1.69 bits per heavy atom. The van der Waals surface area contributed by atoms with Gasteiger partial charge >= 0.3 is 17.9 Å². The number of benzene rings is 3. The highest BCUT2D eigenvalue weighted by atomic mass is 35.5. The number of carbonyl (C=O) groups is 1. The van der Waals surface area contributed by atoms with Crippen LogP contribution in [0.4, 0.5) is 17.6 Å².